The largest absolute Gasteiger partial charge is 0.507 e. The first-order chi connectivity index (χ1) is 17.2. The van der Waals surface area contributed by atoms with Gasteiger partial charge in [0.1, 0.15) is 17.3 Å². The smallest absolute Gasteiger partial charge is 0.300 e. The maximum Gasteiger partial charge on any atom is 0.300 e. The number of carbonyl (C=O) groups is 2. The van der Waals surface area contributed by atoms with Crippen molar-refractivity contribution in [3.8, 4) is 11.5 Å². The standard InChI is InChI=1S/C30H31NO5/c1-18(2)17-36-25-12-8-22(9-13-25)28(32)26-27(21-6-10-24(35-5)11-7-21)31(30(34)29(26)33)23-15-19(3)14-20(4)16-23/h6-16,18,27,32H,17H2,1-5H3/b28-26+. The first-order valence-corrected chi connectivity index (χ1v) is 12.0. The quantitative estimate of drug-likeness (QED) is 0.253. The molecule has 0 saturated carbocycles. The van der Waals surface area contributed by atoms with E-state index in [0.717, 1.165) is 11.1 Å². The molecule has 3 aromatic carbocycles. The molecule has 1 heterocycles. The minimum atomic E-state index is -0.797. The Morgan fingerprint density at radius 1 is 0.917 bits per heavy atom. The van der Waals surface area contributed by atoms with Crippen molar-refractivity contribution >= 4 is 23.1 Å². The summed E-state index contributed by atoms with van der Waals surface area (Å²) in [7, 11) is 1.57. The van der Waals surface area contributed by atoms with Crippen molar-refractivity contribution in [1.82, 2.24) is 0 Å². The molecule has 0 bridgehead atoms. The molecular weight excluding hydrogens is 454 g/mol. The molecule has 0 aliphatic carbocycles. The van der Waals surface area contributed by atoms with Crippen LogP contribution in [0.3, 0.4) is 0 Å². The maximum absolute atomic E-state index is 13.4. The number of aliphatic hydroxyl groups is 1. The number of benzene rings is 3. The zero-order valence-electron chi connectivity index (χ0n) is 21.2. The zero-order chi connectivity index (χ0) is 26.0. The summed E-state index contributed by atoms with van der Waals surface area (Å²) in [5.41, 5.74) is 3.71. The number of ether oxygens (including phenoxy) is 2. The molecule has 0 spiro atoms. The molecule has 6 heteroatoms. The van der Waals surface area contributed by atoms with Crippen LogP contribution in [-0.2, 0) is 9.59 Å². The number of hydrogen-bond acceptors (Lipinski definition) is 5. The highest BCUT2D eigenvalue weighted by Gasteiger charge is 2.47. The molecule has 0 radical (unpaired) electrons. The fourth-order valence-electron chi connectivity index (χ4n) is 4.42. The Labute approximate surface area is 211 Å². The van der Waals surface area contributed by atoms with Crippen molar-refractivity contribution in [2.75, 3.05) is 18.6 Å². The van der Waals surface area contributed by atoms with E-state index >= 15 is 0 Å². The normalized spacial score (nSPS) is 17.1. The highest BCUT2D eigenvalue weighted by atomic mass is 16.5. The molecule has 1 N–H and O–H groups in total. The Bertz CT molecular complexity index is 1290. The fraction of sp³-hybridized carbons (Fsp3) is 0.267. The number of nitrogens with zero attached hydrogens (tertiary/aromatic N) is 1. The van der Waals surface area contributed by atoms with Gasteiger partial charge < -0.3 is 14.6 Å². The molecule has 1 atom stereocenters. The molecule has 186 valence electrons. The molecule has 1 fully saturated rings. The Hall–Kier alpha value is -4.06. The van der Waals surface area contributed by atoms with E-state index in [0.29, 0.717) is 40.8 Å². The fourth-order valence-corrected chi connectivity index (χ4v) is 4.42. The third kappa shape index (κ3) is 4.98. The van der Waals surface area contributed by atoms with Crippen LogP contribution in [0.4, 0.5) is 5.69 Å². The average molecular weight is 486 g/mol. The summed E-state index contributed by atoms with van der Waals surface area (Å²) < 4.78 is 11.0. The number of carbonyl (C=O) groups excluding carboxylic acids is 2. The monoisotopic (exact) mass is 485 g/mol. The number of anilines is 1. The van der Waals surface area contributed by atoms with Gasteiger partial charge in [-0.25, -0.2) is 0 Å². The summed E-state index contributed by atoms with van der Waals surface area (Å²) in [6.07, 6.45) is 0. The number of aliphatic hydroxyl groups excluding tert-OH is 1. The molecule has 1 amide bonds. The van der Waals surface area contributed by atoms with Gasteiger partial charge in [0.05, 0.1) is 25.3 Å². The number of ketones is 1. The van der Waals surface area contributed by atoms with Gasteiger partial charge in [-0.15, -0.1) is 0 Å². The van der Waals surface area contributed by atoms with Gasteiger partial charge in [-0.05, 0) is 85.0 Å². The third-order valence-electron chi connectivity index (χ3n) is 6.07. The van der Waals surface area contributed by atoms with Crippen molar-refractivity contribution in [2.24, 2.45) is 5.92 Å². The molecule has 1 saturated heterocycles. The van der Waals surface area contributed by atoms with Gasteiger partial charge in [-0.2, -0.15) is 0 Å². The maximum atomic E-state index is 13.4. The van der Waals surface area contributed by atoms with Gasteiger partial charge >= 0.3 is 0 Å². The predicted octanol–water partition coefficient (Wildman–Crippen LogP) is 5.97. The summed E-state index contributed by atoms with van der Waals surface area (Å²) in [5.74, 6) is 0.0638. The van der Waals surface area contributed by atoms with Crippen LogP contribution < -0.4 is 14.4 Å². The summed E-state index contributed by atoms with van der Waals surface area (Å²) >= 11 is 0. The number of rotatable bonds is 7. The van der Waals surface area contributed by atoms with E-state index < -0.39 is 17.7 Å². The van der Waals surface area contributed by atoms with Gasteiger partial charge in [0.25, 0.3) is 11.7 Å². The van der Waals surface area contributed by atoms with Crippen LogP contribution in [0.25, 0.3) is 5.76 Å². The van der Waals surface area contributed by atoms with Gasteiger partial charge in [0.2, 0.25) is 0 Å². The summed E-state index contributed by atoms with van der Waals surface area (Å²) in [5, 5.41) is 11.3. The summed E-state index contributed by atoms with van der Waals surface area (Å²) in [6, 6.07) is 19.0. The molecule has 1 unspecified atom stereocenters. The molecule has 0 aromatic heterocycles. The highest BCUT2D eigenvalue weighted by Crippen LogP contribution is 2.43. The molecule has 1 aliphatic rings. The number of hydrogen-bond donors (Lipinski definition) is 1. The Kier molecular flexibility index (Phi) is 7.15. The van der Waals surface area contributed by atoms with Crippen molar-refractivity contribution in [3.05, 3.63) is 94.6 Å². The van der Waals surface area contributed by atoms with Crippen LogP contribution >= 0.6 is 0 Å². The van der Waals surface area contributed by atoms with Gasteiger partial charge in [-0.1, -0.05) is 32.0 Å². The average Bonchev–Trinajstić information content (AvgIpc) is 3.12. The minimum Gasteiger partial charge on any atom is -0.507 e. The van der Waals surface area contributed by atoms with Crippen LogP contribution in [-0.4, -0.2) is 30.5 Å². The Morgan fingerprint density at radius 2 is 1.50 bits per heavy atom. The van der Waals surface area contributed by atoms with E-state index in [2.05, 4.69) is 13.8 Å². The Balaban J connectivity index is 1.84. The number of amides is 1. The van der Waals surface area contributed by atoms with E-state index in [1.165, 1.54) is 4.90 Å². The number of methoxy groups -OCH3 is 1. The molecule has 1 aliphatic heterocycles. The SMILES string of the molecule is COc1ccc(C2/C(=C(\O)c3ccc(OCC(C)C)cc3)C(=O)C(=O)N2c2cc(C)cc(C)c2)cc1. The summed E-state index contributed by atoms with van der Waals surface area (Å²) in [4.78, 5) is 28.2. The van der Waals surface area contributed by atoms with E-state index in [-0.39, 0.29) is 11.3 Å². The van der Waals surface area contributed by atoms with Gasteiger partial charge in [0, 0.05) is 11.3 Å². The van der Waals surface area contributed by atoms with E-state index in [9.17, 15) is 14.7 Å². The molecule has 6 nitrogen and oxygen atoms in total. The predicted molar refractivity (Wildman–Crippen MR) is 140 cm³/mol. The lowest BCUT2D eigenvalue weighted by atomic mass is 9.95. The third-order valence-corrected chi connectivity index (χ3v) is 6.07. The van der Waals surface area contributed by atoms with E-state index in [1.54, 1.807) is 55.6 Å². The van der Waals surface area contributed by atoms with Crippen LogP contribution in [0.15, 0.2) is 72.3 Å². The molecule has 36 heavy (non-hydrogen) atoms. The topological polar surface area (TPSA) is 76.1 Å². The minimum absolute atomic E-state index is 0.0418. The lowest BCUT2D eigenvalue weighted by molar-refractivity contribution is -0.132. The van der Waals surface area contributed by atoms with Crippen molar-refractivity contribution in [1.29, 1.82) is 0 Å². The van der Waals surface area contributed by atoms with Crippen molar-refractivity contribution in [3.63, 3.8) is 0 Å². The number of Topliss-reactive ketones (excluding diaryl/α,β-unsaturated/α-hetero) is 1. The molecule has 3 aromatic rings. The second-order valence-corrected chi connectivity index (χ2v) is 9.52. The first-order valence-electron chi connectivity index (χ1n) is 12.0. The van der Waals surface area contributed by atoms with E-state index in [1.807, 2.05) is 32.0 Å². The number of aryl methyl sites for hydroxylation is 2. The highest BCUT2D eigenvalue weighted by molar-refractivity contribution is 6.51. The van der Waals surface area contributed by atoms with E-state index in [4.69, 9.17) is 9.47 Å². The molecule has 4 rings (SSSR count). The van der Waals surface area contributed by atoms with Crippen LogP contribution in [0.2, 0.25) is 0 Å². The van der Waals surface area contributed by atoms with Crippen molar-refractivity contribution < 1.29 is 24.2 Å². The lowest BCUT2D eigenvalue weighted by Gasteiger charge is -2.26. The first kappa shape index (κ1) is 25.0. The second kappa shape index (κ2) is 10.3. The van der Waals surface area contributed by atoms with Crippen molar-refractivity contribution in [2.45, 2.75) is 33.7 Å². The van der Waals surface area contributed by atoms with Gasteiger partial charge in [-0.3, -0.25) is 14.5 Å². The molecular formula is C30H31NO5. The Morgan fingerprint density at radius 3 is 2.06 bits per heavy atom. The van der Waals surface area contributed by atoms with Crippen LogP contribution in [0.5, 0.6) is 11.5 Å². The van der Waals surface area contributed by atoms with Gasteiger partial charge in [0.15, 0.2) is 0 Å². The second-order valence-electron chi connectivity index (χ2n) is 9.52. The van der Waals surface area contributed by atoms with Crippen LogP contribution in [0.1, 0.15) is 42.1 Å². The zero-order valence-corrected chi connectivity index (χ0v) is 21.2. The lowest BCUT2D eigenvalue weighted by Crippen LogP contribution is -2.29. The summed E-state index contributed by atoms with van der Waals surface area (Å²) in [6.45, 7) is 8.59. The van der Waals surface area contributed by atoms with Crippen LogP contribution in [0, 0.1) is 19.8 Å².